The Morgan fingerprint density at radius 2 is 0.590 bits per heavy atom. The van der Waals surface area contributed by atoms with E-state index in [1.54, 1.807) is 0 Å². The van der Waals surface area contributed by atoms with E-state index in [-0.39, 0.29) is 5.41 Å². The van der Waals surface area contributed by atoms with Crippen molar-refractivity contribution in [1.29, 1.82) is 0 Å². The second-order valence-corrected chi connectivity index (χ2v) is 33.4. The fourth-order valence-corrected chi connectivity index (χ4v) is 20.5. The maximum Gasteiger partial charge on any atom is 0.146 e. The van der Waals surface area contributed by atoms with Gasteiger partial charge in [0.05, 0.1) is 66.9 Å². The summed E-state index contributed by atoms with van der Waals surface area (Å²) in [7, 11) is 0. The van der Waals surface area contributed by atoms with Gasteiger partial charge in [0.2, 0.25) is 0 Å². The third-order valence-corrected chi connectivity index (χ3v) is 26.2. The molecule has 572 valence electrons. The van der Waals surface area contributed by atoms with E-state index >= 15 is 0 Å². The largest absolute Gasteiger partial charge is 0.456 e. The SMILES string of the molecule is CC1(C)c2ccccc2-c2cc(-c3cc4ccccc4c4nc5ccccc5n34)ccc21.c1ccc2c(c1)cc(-c1ccc3oc4ccccc4c3c1)n1c3ccccc3nc21.c1ccc2c(c1)cc(-c1ccc3sc4ccccc4c3c1)n1c3ccccc3nc21.c1ccc2c(c1)cc(-c1cccc3c1oc1ccccc13)n1c3ccccc3nc21. The lowest BCUT2D eigenvalue weighted by atomic mass is 9.82. The molecule has 0 atom stereocenters. The highest BCUT2D eigenvalue weighted by atomic mass is 32.1. The van der Waals surface area contributed by atoms with Gasteiger partial charge >= 0.3 is 0 Å². The summed E-state index contributed by atoms with van der Waals surface area (Å²) in [6.45, 7) is 4.66. The van der Waals surface area contributed by atoms with Crippen molar-refractivity contribution in [2.24, 2.45) is 0 Å². The van der Waals surface area contributed by atoms with E-state index in [2.05, 4.69) is 383 Å². The molecule has 0 unspecified atom stereocenters. The first-order valence-corrected chi connectivity index (χ1v) is 42.2. The zero-order valence-corrected chi connectivity index (χ0v) is 67.1. The molecule has 0 radical (unpaired) electrons. The van der Waals surface area contributed by atoms with Crippen molar-refractivity contribution in [2.45, 2.75) is 19.3 Å². The first kappa shape index (κ1) is 69.3. The van der Waals surface area contributed by atoms with Crippen LogP contribution in [0.15, 0.2) is 397 Å². The summed E-state index contributed by atoms with van der Waals surface area (Å²) in [5, 5.41) is 16.6. The molecule has 0 amide bonds. The Labute approximate surface area is 701 Å². The van der Waals surface area contributed by atoms with Crippen LogP contribution < -0.4 is 0 Å². The number of pyridine rings is 4. The van der Waals surface area contributed by atoms with Gasteiger partial charge in [0, 0.05) is 74.2 Å². The Morgan fingerprint density at radius 1 is 0.238 bits per heavy atom. The van der Waals surface area contributed by atoms with E-state index in [0.29, 0.717) is 0 Å². The van der Waals surface area contributed by atoms with Gasteiger partial charge in [-0.1, -0.05) is 269 Å². The second kappa shape index (κ2) is 27.1. The van der Waals surface area contributed by atoms with Crippen LogP contribution >= 0.6 is 11.3 Å². The van der Waals surface area contributed by atoms with Gasteiger partial charge in [-0.3, -0.25) is 17.6 Å². The lowest BCUT2D eigenvalue weighted by Crippen LogP contribution is -2.14. The maximum absolute atomic E-state index is 6.35. The minimum absolute atomic E-state index is 0.0187. The molecule has 122 heavy (non-hydrogen) atoms. The summed E-state index contributed by atoms with van der Waals surface area (Å²) in [5.74, 6) is 0. The van der Waals surface area contributed by atoms with Gasteiger partial charge in [0.15, 0.2) is 0 Å². The van der Waals surface area contributed by atoms with Crippen LogP contribution in [-0.2, 0) is 5.41 Å². The van der Waals surface area contributed by atoms with E-state index in [9.17, 15) is 0 Å². The molecule has 0 aliphatic heterocycles. The van der Waals surface area contributed by atoms with Crippen molar-refractivity contribution >= 4 is 185 Å². The number of benzene rings is 16. The topological polar surface area (TPSA) is 95.5 Å². The van der Waals surface area contributed by atoms with E-state index in [4.69, 9.17) is 28.8 Å². The third kappa shape index (κ3) is 10.8. The quantitative estimate of drug-likeness (QED) is 0.174. The molecule has 16 aromatic carbocycles. The maximum atomic E-state index is 6.35. The Hall–Kier alpha value is -15.8. The van der Waals surface area contributed by atoms with Crippen molar-refractivity contribution in [3.63, 3.8) is 0 Å². The van der Waals surface area contributed by atoms with Crippen LogP contribution in [0.5, 0.6) is 0 Å². The van der Waals surface area contributed by atoms with Crippen LogP contribution in [0.25, 0.3) is 230 Å². The minimum Gasteiger partial charge on any atom is -0.456 e. The first-order chi connectivity index (χ1) is 60.2. The average Bonchev–Trinajstić information content (AvgIpc) is 1.58. The highest BCUT2D eigenvalue weighted by molar-refractivity contribution is 7.25. The summed E-state index contributed by atoms with van der Waals surface area (Å²) in [5.41, 5.74) is 30.9. The van der Waals surface area contributed by atoms with Crippen molar-refractivity contribution in [3.05, 3.63) is 399 Å². The molecule has 0 saturated carbocycles. The standard InChI is InChI=1S/C30H22N2.2C27H16N2O.C27H16N2S/c1-30(2)24-12-6-5-11-22(24)23-17-20(15-16-25(23)30)28-18-19-9-3-4-10-21(19)29-31-26-13-7-8-14-27(26)32(28)29;1-2-9-18-17(8-1)16-24(29-23-14-5-4-13-22(23)28-27(18)29)21-12-7-11-20-19-10-3-6-15-25(19)30-26(20)21;2*1-2-8-19-17(7-1)16-24(29-23-11-5-4-10-22(23)28-27(19)29)18-13-14-26-21(15-18)20-9-3-6-12-25(20)30-26/h3-18H,1-2H3;3*1-16H. The van der Waals surface area contributed by atoms with Gasteiger partial charge in [-0.25, -0.2) is 19.9 Å². The summed E-state index contributed by atoms with van der Waals surface area (Å²) in [6, 6.07) is 137. The number of para-hydroxylation sites is 11. The monoisotopic (exact) mass is 1580 g/mol. The van der Waals surface area contributed by atoms with Crippen molar-refractivity contribution in [1.82, 2.24) is 37.5 Å². The molecule has 0 spiro atoms. The average molecular weight is 1580 g/mol. The minimum atomic E-state index is 0.0187. The lowest BCUT2D eigenvalue weighted by molar-refractivity contribution is 0.660. The van der Waals surface area contributed by atoms with Crippen molar-refractivity contribution < 1.29 is 8.83 Å². The molecule has 0 N–H and O–H groups in total. The van der Waals surface area contributed by atoms with E-state index in [0.717, 1.165) is 144 Å². The molecule has 0 saturated heterocycles. The molecule has 28 rings (SSSR count). The molecule has 1 aliphatic carbocycles. The van der Waals surface area contributed by atoms with Gasteiger partial charge in [-0.2, -0.15) is 0 Å². The zero-order valence-electron chi connectivity index (χ0n) is 66.3. The molecule has 0 fully saturated rings. The molecule has 10 nitrogen and oxygen atoms in total. The van der Waals surface area contributed by atoms with Crippen molar-refractivity contribution in [3.8, 4) is 56.2 Å². The Morgan fingerprint density at radius 3 is 1.12 bits per heavy atom. The Bertz CT molecular complexity index is 8780. The normalized spacial score (nSPS) is 12.6. The Kier molecular flexibility index (Phi) is 15.4. The van der Waals surface area contributed by atoms with Gasteiger partial charge in [-0.15, -0.1) is 11.3 Å². The highest BCUT2D eigenvalue weighted by Crippen LogP contribution is 2.51. The molecular formula is C111H70N8O2S. The van der Waals surface area contributed by atoms with Crippen LogP contribution in [0.4, 0.5) is 0 Å². The zero-order chi connectivity index (χ0) is 80.4. The fourth-order valence-electron chi connectivity index (χ4n) is 19.4. The number of thiophene rings is 1. The molecule has 27 aromatic rings. The summed E-state index contributed by atoms with van der Waals surface area (Å²) < 4.78 is 24.2. The molecule has 11 heteroatoms. The second-order valence-electron chi connectivity index (χ2n) is 32.3. The lowest BCUT2D eigenvalue weighted by Gasteiger charge is -2.21. The number of imidazole rings is 4. The number of nitrogens with zero attached hydrogens (tertiary/aromatic N) is 8. The van der Waals surface area contributed by atoms with Gasteiger partial charge in [0.1, 0.15) is 44.9 Å². The smallest absolute Gasteiger partial charge is 0.146 e. The summed E-state index contributed by atoms with van der Waals surface area (Å²) >= 11 is 1.86. The van der Waals surface area contributed by atoms with Gasteiger partial charge in [0.25, 0.3) is 0 Å². The van der Waals surface area contributed by atoms with E-state index < -0.39 is 0 Å². The third-order valence-electron chi connectivity index (χ3n) is 25.1. The van der Waals surface area contributed by atoms with Gasteiger partial charge < -0.3 is 8.83 Å². The van der Waals surface area contributed by atoms with Crippen LogP contribution in [0.2, 0.25) is 0 Å². The fraction of sp³-hybridized carbons (Fsp3) is 0.0270. The van der Waals surface area contributed by atoms with Crippen LogP contribution in [0, 0.1) is 0 Å². The molecular weight excluding hydrogens is 1510 g/mol. The van der Waals surface area contributed by atoms with Crippen LogP contribution in [0.1, 0.15) is 25.0 Å². The predicted octanol–water partition coefficient (Wildman–Crippen LogP) is 29.7. The van der Waals surface area contributed by atoms with Crippen molar-refractivity contribution in [2.75, 3.05) is 0 Å². The summed E-state index contributed by atoms with van der Waals surface area (Å²) in [6.07, 6.45) is 0. The number of hydrogen-bond acceptors (Lipinski definition) is 7. The van der Waals surface area contributed by atoms with E-state index in [1.807, 2.05) is 47.7 Å². The van der Waals surface area contributed by atoms with Crippen LogP contribution in [-0.4, -0.2) is 37.5 Å². The number of furan rings is 2. The molecule has 1 aliphatic rings. The first-order valence-electron chi connectivity index (χ1n) is 41.4. The molecule has 11 aromatic heterocycles. The number of rotatable bonds is 4. The van der Waals surface area contributed by atoms with Gasteiger partial charge in [-0.05, 0) is 194 Å². The number of fused-ring (bicyclic) bond motifs is 32. The molecule has 11 heterocycles. The highest BCUT2D eigenvalue weighted by Gasteiger charge is 2.36. The van der Waals surface area contributed by atoms with Crippen LogP contribution in [0.3, 0.4) is 0 Å². The van der Waals surface area contributed by atoms with E-state index in [1.165, 1.54) is 97.3 Å². The predicted molar refractivity (Wildman–Crippen MR) is 508 cm³/mol. The Balaban J connectivity index is 0.0000000896. The number of hydrogen-bond donors (Lipinski definition) is 0. The number of aromatic nitrogens is 8. The summed E-state index contributed by atoms with van der Waals surface area (Å²) in [4.78, 5) is 20.0. The molecule has 0 bridgehead atoms.